The number of rotatable bonds is 6. The molecule has 3 heterocycles. The fourth-order valence-corrected chi connectivity index (χ4v) is 3.21. The minimum atomic E-state index is -0.499. The Hall–Kier alpha value is -2.74. The lowest BCUT2D eigenvalue weighted by molar-refractivity contribution is -0.143. The fourth-order valence-electron chi connectivity index (χ4n) is 2.46. The van der Waals surface area contributed by atoms with Gasteiger partial charge in [0.15, 0.2) is 11.7 Å². The molecule has 0 saturated carbocycles. The second-order valence-corrected chi connectivity index (χ2v) is 6.10. The number of carbonyl (C=O) groups excluding carboxylic acids is 2. The van der Waals surface area contributed by atoms with Crippen LogP contribution in [-0.4, -0.2) is 37.7 Å². The van der Waals surface area contributed by atoms with Gasteiger partial charge in [0.1, 0.15) is 6.54 Å². The third-order valence-electron chi connectivity index (χ3n) is 3.56. The SMILES string of the molecule is Cc1cc(C(=O)COC(=O)Cn2cccn2)c(C)n1-c1nccs1. The number of carbonyl (C=O) groups is 2. The molecule has 124 valence electrons. The van der Waals surface area contributed by atoms with Crippen molar-refractivity contribution in [2.75, 3.05) is 6.61 Å². The van der Waals surface area contributed by atoms with Crippen molar-refractivity contribution in [2.45, 2.75) is 20.4 Å². The quantitative estimate of drug-likeness (QED) is 0.506. The van der Waals surface area contributed by atoms with Gasteiger partial charge in [-0.05, 0) is 26.0 Å². The maximum atomic E-state index is 12.4. The zero-order valence-corrected chi connectivity index (χ0v) is 14.1. The van der Waals surface area contributed by atoms with Gasteiger partial charge in [0.2, 0.25) is 5.78 Å². The Morgan fingerprint density at radius 1 is 1.29 bits per heavy atom. The molecule has 0 saturated heterocycles. The van der Waals surface area contributed by atoms with Crippen molar-refractivity contribution in [1.82, 2.24) is 19.3 Å². The molecule has 0 radical (unpaired) electrons. The van der Waals surface area contributed by atoms with Crippen molar-refractivity contribution in [3.8, 4) is 5.13 Å². The highest BCUT2D eigenvalue weighted by atomic mass is 32.1. The smallest absolute Gasteiger partial charge is 0.328 e. The average molecular weight is 344 g/mol. The molecule has 0 aliphatic carbocycles. The lowest BCUT2D eigenvalue weighted by Crippen LogP contribution is -2.19. The van der Waals surface area contributed by atoms with E-state index in [4.69, 9.17) is 4.74 Å². The van der Waals surface area contributed by atoms with Crippen LogP contribution in [0.5, 0.6) is 0 Å². The number of Topliss-reactive ketones (excluding diaryl/α,β-unsaturated/α-hetero) is 1. The van der Waals surface area contributed by atoms with Crippen LogP contribution in [0.1, 0.15) is 21.7 Å². The van der Waals surface area contributed by atoms with Crippen LogP contribution in [0.15, 0.2) is 36.1 Å². The Morgan fingerprint density at radius 3 is 2.79 bits per heavy atom. The maximum Gasteiger partial charge on any atom is 0.328 e. The highest BCUT2D eigenvalue weighted by Crippen LogP contribution is 2.22. The van der Waals surface area contributed by atoms with Gasteiger partial charge in [-0.25, -0.2) is 4.98 Å². The first-order chi connectivity index (χ1) is 11.6. The Labute approximate surface area is 142 Å². The van der Waals surface area contributed by atoms with E-state index < -0.39 is 5.97 Å². The molecule has 24 heavy (non-hydrogen) atoms. The summed E-state index contributed by atoms with van der Waals surface area (Å²) in [5, 5.41) is 6.61. The highest BCUT2D eigenvalue weighted by Gasteiger charge is 2.19. The summed E-state index contributed by atoms with van der Waals surface area (Å²) in [4.78, 5) is 28.4. The topological polar surface area (TPSA) is 79.0 Å². The zero-order chi connectivity index (χ0) is 17.1. The van der Waals surface area contributed by atoms with Crippen LogP contribution in [-0.2, 0) is 16.1 Å². The molecule has 0 N–H and O–H groups in total. The van der Waals surface area contributed by atoms with Crippen LogP contribution in [0.4, 0.5) is 0 Å². The van der Waals surface area contributed by atoms with Gasteiger partial charge in [0.05, 0.1) is 0 Å². The van der Waals surface area contributed by atoms with Gasteiger partial charge < -0.3 is 4.74 Å². The number of nitrogens with zero attached hydrogens (tertiary/aromatic N) is 4. The standard InChI is InChI=1S/C16H16N4O3S/c1-11-8-13(12(2)20(11)16-17-5-7-24-16)14(21)10-23-15(22)9-19-6-3-4-18-19/h3-8H,9-10H2,1-2H3. The number of aryl methyl sites for hydroxylation is 1. The molecule has 0 fully saturated rings. The Morgan fingerprint density at radius 2 is 2.12 bits per heavy atom. The molecule has 7 nitrogen and oxygen atoms in total. The molecule has 0 bridgehead atoms. The van der Waals surface area contributed by atoms with E-state index in [9.17, 15) is 9.59 Å². The largest absolute Gasteiger partial charge is 0.456 e. The second-order valence-electron chi connectivity index (χ2n) is 5.22. The first-order valence-electron chi connectivity index (χ1n) is 7.31. The first-order valence-corrected chi connectivity index (χ1v) is 8.19. The summed E-state index contributed by atoms with van der Waals surface area (Å²) in [6.45, 7) is 3.46. The van der Waals surface area contributed by atoms with E-state index in [0.717, 1.165) is 16.5 Å². The Kier molecular flexibility index (Phi) is 4.57. The summed E-state index contributed by atoms with van der Waals surface area (Å²) < 4.78 is 8.42. The van der Waals surface area contributed by atoms with E-state index >= 15 is 0 Å². The summed E-state index contributed by atoms with van der Waals surface area (Å²) in [5.74, 6) is -0.736. The van der Waals surface area contributed by atoms with Gasteiger partial charge in [0, 0.05) is 40.9 Å². The van der Waals surface area contributed by atoms with Crippen molar-refractivity contribution in [3.63, 3.8) is 0 Å². The highest BCUT2D eigenvalue weighted by molar-refractivity contribution is 7.12. The van der Waals surface area contributed by atoms with Crippen molar-refractivity contribution in [1.29, 1.82) is 0 Å². The number of aromatic nitrogens is 4. The second kappa shape index (κ2) is 6.79. The summed E-state index contributed by atoms with van der Waals surface area (Å²) in [6.07, 6.45) is 4.95. The number of thiazole rings is 1. The van der Waals surface area contributed by atoms with Crippen molar-refractivity contribution in [3.05, 3.63) is 53.1 Å². The normalized spacial score (nSPS) is 10.8. The molecular formula is C16H16N4O3S. The van der Waals surface area contributed by atoms with Crippen LogP contribution in [0.25, 0.3) is 5.13 Å². The van der Waals surface area contributed by atoms with Crippen molar-refractivity contribution < 1.29 is 14.3 Å². The lowest BCUT2D eigenvalue weighted by atomic mass is 10.1. The van der Waals surface area contributed by atoms with Gasteiger partial charge in [0.25, 0.3) is 0 Å². The molecule has 0 unspecified atom stereocenters. The van der Waals surface area contributed by atoms with Crippen LogP contribution in [0.2, 0.25) is 0 Å². The van der Waals surface area contributed by atoms with Gasteiger partial charge in [-0.2, -0.15) is 5.10 Å². The Balaban J connectivity index is 1.67. The van der Waals surface area contributed by atoms with E-state index in [2.05, 4.69) is 10.1 Å². The molecule has 0 aromatic carbocycles. The predicted molar refractivity (Wildman–Crippen MR) is 88.4 cm³/mol. The molecule has 0 aliphatic rings. The number of hydrogen-bond donors (Lipinski definition) is 0. The molecule has 3 aromatic heterocycles. The molecule has 3 aromatic rings. The minimum Gasteiger partial charge on any atom is -0.456 e. The fraction of sp³-hybridized carbons (Fsp3) is 0.250. The summed E-state index contributed by atoms with van der Waals surface area (Å²) >= 11 is 1.50. The third-order valence-corrected chi connectivity index (χ3v) is 4.31. The van der Waals surface area contributed by atoms with Gasteiger partial charge in [-0.3, -0.25) is 18.8 Å². The van der Waals surface area contributed by atoms with E-state index in [1.165, 1.54) is 16.0 Å². The van der Waals surface area contributed by atoms with E-state index in [1.807, 2.05) is 23.8 Å². The van der Waals surface area contributed by atoms with Gasteiger partial charge in [-0.15, -0.1) is 11.3 Å². The molecule has 3 rings (SSSR count). The molecule has 8 heteroatoms. The number of ketones is 1. The summed E-state index contributed by atoms with van der Waals surface area (Å²) in [7, 11) is 0. The van der Waals surface area contributed by atoms with Crippen LogP contribution in [0, 0.1) is 13.8 Å². The Bertz CT molecular complexity index is 850. The van der Waals surface area contributed by atoms with E-state index in [0.29, 0.717) is 5.56 Å². The predicted octanol–water partition coefficient (Wildman–Crippen LogP) is 2.17. The van der Waals surface area contributed by atoms with Gasteiger partial charge >= 0.3 is 5.97 Å². The molecule has 0 atom stereocenters. The first kappa shape index (κ1) is 16.1. The molecule has 0 amide bonds. The number of hydrogen-bond acceptors (Lipinski definition) is 6. The van der Waals surface area contributed by atoms with E-state index in [-0.39, 0.29) is 18.9 Å². The van der Waals surface area contributed by atoms with Crippen LogP contribution < -0.4 is 0 Å². The maximum absolute atomic E-state index is 12.4. The monoisotopic (exact) mass is 344 g/mol. The molecule has 0 aliphatic heterocycles. The molecular weight excluding hydrogens is 328 g/mol. The van der Waals surface area contributed by atoms with Crippen LogP contribution >= 0.6 is 11.3 Å². The summed E-state index contributed by atoms with van der Waals surface area (Å²) in [6, 6.07) is 3.51. The van der Waals surface area contributed by atoms with Crippen molar-refractivity contribution in [2.24, 2.45) is 0 Å². The van der Waals surface area contributed by atoms with E-state index in [1.54, 1.807) is 30.7 Å². The number of esters is 1. The van der Waals surface area contributed by atoms with Gasteiger partial charge in [-0.1, -0.05) is 0 Å². The summed E-state index contributed by atoms with van der Waals surface area (Å²) in [5.41, 5.74) is 2.24. The lowest BCUT2D eigenvalue weighted by Gasteiger charge is -2.06. The third kappa shape index (κ3) is 3.28. The zero-order valence-electron chi connectivity index (χ0n) is 13.3. The minimum absolute atomic E-state index is 0.0155. The molecule has 0 spiro atoms. The van der Waals surface area contributed by atoms with Crippen molar-refractivity contribution >= 4 is 23.1 Å². The average Bonchev–Trinajstić information content (AvgIpc) is 3.27. The number of ether oxygens (including phenoxy) is 1. The van der Waals surface area contributed by atoms with Crippen LogP contribution in [0.3, 0.4) is 0 Å².